The maximum absolute atomic E-state index is 14.1. The number of piperidine rings is 1. The highest BCUT2D eigenvalue weighted by Gasteiger charge is 2.24. The molecule has 4 heterocycles. The summed E-state index contributed by atoms with van der Waals surface area (Å²) in [5, 5.41) is 1.81. The van der Waals surface area contributed by atoms with Crippen LogP contribution in [0.1, 0.15) is 19.8 Å². The number of halogens is 1. The van der Waals surface area contributed by atoms with Gasteiger partial charge >= 0.3 is 0 Å². The molecule has 2 fully saturated rings. The third-order valence-corrected chi connectivity index (χ3v) is 8.45. The van der Waals surface area contributed by atoms with Crippen LogP contribution in [0.2, 0.25) is 0 Å². The second kappa shape index (κ2) is 9.80. The maximum atomic E-state index is 14.1. The van der Waals surface area contributed by atoms with E-state index in [1.54, 1.807) is 23.5 Å². The number of rotatable bonds is 5. The first-order valence-corrected chi connectivity index (χ1v) is 13.2. The van der Waals surface area contributed by atoms with Gasteiger partial charge in [-0.1, -0.05) is 42.2 Å². The van der Waals surface area contributed by atoms with Crippen LogP contribution in [0.25, 0.3) is 10.3 Å². The quantitative estimate of drug-likeness (QED) is 0.400. The van der Waals surface area contributed by atoms with Crippen molar-refractivity contribution in [3.05, 3.63) is 36.4 Å². The van der Waals surface area contributed by atoms with E-state index in [0.717, 1.165) is 27.9 Å². The number of anilines is 2. The molecule has 10 heteroatoms. The van der Waals surface area contributed by atoms with E-state index in [1.807, 2.05) is 15.9 Å². The summed E-state index contributed by atoms with van der Waals surface area (Å²) in [7, 11) is 0. The van der Waals surface area contributed by atoms with Gasteiger partial charge in [0.1, 0.15) is 21.9 Å². The van der Waals surface area contributed by atoms with E-state index < -0.39 is 0 Å². The van der Waals surface area contributed by atoms with E-state index >= 15 is 0 Å². The van der Waals surface area contributed by atoms with Gasteiger partial charge in [-0.3, -0.25) is 4.79 Å². The summed E-state index contributed by atoms with van der Waals surface area (Å²) in [6.07, 6.45) is 3.98. The highest BCUT2D eigenvalue weighted by Crippen LogP contribution is 2.35. The lowest BCUT2D eigenvalue weighted by molar-refractivity contribution is -0.128. The zero-order valence-electron chi connectivity index (χ0n) is 18.6. The Kier molecular flexibility index (Phi) is 6.64. The Balaban J connectivity index is 1.20. The van der Waals surface area contributed by atoms with Crippen molar-refractivity contribution in [3.8, 4) is 0 Å². The monoisotopic (exact) mass is 486 g/mol. The van der Waals surface area contributed by atoms with Gasteiger partial charge in [0.2, 0.25) is 5.91 Å². The first kappa shape index (κ1) is 22.3. The summed E-state index contributed by atoms with van der Waals surface area (Å²) >= 11 is 3.07. The molecule has 1 aromatic carbocycles. The van der Waals surface area contributed by atoms with Crippen LogP contribution in [0.15, 0.2) is 35.6 Å². The molecule has 33 heavy (non-hydrogen) atoms. The fraction of sp³-hybridized carbons (Fsp3) is 0.478. The number of piperazine rings is 1. The molecule has 0 N–H and O–H groups in total. The highest BCUT2D eigenvalue weighted by atomic mass is 32.2. The molecular weight excluding hydrogens is 459 g/mol. The minimum atomic E-state index is -0.219. The molecule has 2 aliphatic heterocycles. The fourth-order valence-corrected chi connectivity index (χ4v) is 6.48. The zero-order chi connectivity index (χ0) is 22.8. The molecule has 174 valence electrons. The summed E-state index contributed by atoms with van der Waals surface area (Å²) in [6.45, 7) is 6.76. The Bertz CT molecular complexity index is 1130. The molecule has 1 amide bonds. The van der Waals surface area contributed by atoms with Gasteiger partial charge in [-0.05, 0) is 30.9 Å². The fourth-order valence-electron chi connectivity index (χ4n) is 4.45. The van der Waals surface area contributed by atoms with Gasteiger partial charge in [-0.25, -0.2) is 14.4 Å². The molecule has 5 rings (SSSR count). The van der Waals surface area contributed by atoms with Crippen molar-refractivity contribution in [1.29, 1.82) is 0 Å². The number of carbonyl (C=O) groups is 1. The number of aromatic nitrogens is 3. The topological polar surface area (TPSA) is 65.5 Å². The molecule has 0 bridgehead atoms. The smallest absolute Gasteiger partial charge is 0.233 e. The van der Waals surface area contributed by atoms with E-state index in [4.69, 9.17) is 4.98 Å². The van der Waals surface area contributed by atoms with Gasteiger partial charge in [0.05, 0.1) is 11.4 Å². The number of fused-ring (bicyclic) bond motifs is 1. The molecule has 0 aliphatic carbocycles. The van der Waals surface area contributed by atoms with Crippen LogP contribution in [0.3, 0.4) is 0 Å². The molecule has 3 aromatic rings. The minimum absolute atomic E-state index is 0.0783. The molecule has 0 spiro atoms. The highest BCUT2D eigenvalue weighted by molar-refractivity contribution is 8.00. The van der Waals surface area contributed by atoms with Gasteiger partial charge in [0, 0.05) is 39.3 Å². The molecular formula is C23H27FN6OS2. The van der Waals surface area contributed by atoms with E-state index in [0.29, 0.717) is 49.2 Å². The zero-order valence-corrected chi connectivity index (χ0v) is 20.2. The number of carbonyl (C=O) groups excluding carboxylic acids is 1. The third-order valence-electron chi connectivity index (χ3n) is 6.23. The second-order valence-corrected chi connectivity index (χ2v) is 10.6. The summed E-state index contributed by atoms with van der Waals surface area (Å²) in [5.74, 6) is 0.847. The first-order chi connectivity index (χ1) is 16.1. The number of para-hydroxylation sites is 1. The van der Waals surface area contributed by atoms with Crippen molar-refractivity contribution in [1.82, 2.24) is 19.9 Å². The van der Waals surface area contributed by atoms with Crippen molar-refractivity contribution in [3.63, 3.8) is 0 Å². The SMILES string of the molecule is CC1CCCN(c2nc3ncnc(SCC(=O)N4CCN(c5ccccc5F)CC4)c3s2)C1. The van der Waals surface area contributed by atoms with Crippen LogP contribution >= 0.6 is 23.1 Å². The number of benzene rings is 1. The van der Waals surface area contributed by atoms with Gasteiger partial charge < -0.3 is 14.7 Å². The first-order valence-electron chi connectivity index (χ1n) is 11.3. The molecule has 7 nitrogen and oxygen atoms in total. The Morgan fingerprint density at radius 1 is 1.15 bits per heavy atom. The lowest BCUT2D eigenvalue weighted by Gasteiger charge is -2.36. The van der Waals surface area contributed by atoms with E-state index in [1.165, 1.54) is 37.0 Å². The summed E-state index contributed by atoms with van der Waals surface area (Å²) in [4.78, 5) is 32.6. The van der Waals surface area contributed by atoms with Crippen molar-refractivity contribution in [2.45, 2.75) is 24.8 Å². The Hall–Kier alpha value is -2.46. The molecule has 1 atom stereocenters. The molecule has 0 radical (unpaired) electrons. The Labute approximate surface area is 201 Å². The second-order valence-electron chi connectivity index (χ2n) is 8.63. The van der Waals surface area contributed by atoms with Crippen LogP contribution in [0, 0.1) is 11.7 Å². The van der Waals surface area contributed by atoms with Crippen LogP contribution in [-0.2, 0) is 4.79 Å². The lowest BCUT2D eigenvalue weighted by atomic mass is 10.0. The van der Waals surface area contributed by atoms with Crippen molar-refractivity contribution in [2.75, 3.05) is 54.8 Å². The van der Waals surface area contributed by atoms with Crippen molar-refractivity contribution in [2.24, 2.45) is 5.92 Å². The number of hydrogen-bond acceptors (Lipinski definition) is 8. The average Bonchev–Trinajstić information content (AvgIpc) is 3.28. The van der Waals surface area contributed by atoms with Crippen LogP contribution in [-0.4, -0.2) is 70.8 Å². The molecule has 1 unspecified atom stereocenters. The lowest BCUT2D eigenvalue weighted by Crippen LogP contribution is -2.49. The van der Waals surface area contributed by atoms with Gasteiger partial charge in [0.25, 0.3) is 0 Å². The largest absolute Gasteiger partial charge is 0.366 e. The van der Waals surface area contributed by atoms with E-state index in [9.17, 15) is 9.18 Å². The van der Waals surface area contributed by atoms with Gasteiger partial charge in [0.15, 0.2) is 10.8 Å². The molecule has 2 aromatic heterocycles. The summed E-state index contributed by atoms with van der Waals surface area (Å²) in [5.41, 5.74) is 1.31. The Morgan fingerprint density at radius 2 is 1.97 bits per heavy atom. The average molecular weight is 487 g/mol. The maximum Gasteiger partial charge on any atom is 0.233 e. The molecule has 0 saturated carbocycles. The predicted molar refractivity (Wildman–Crippen MR) is 132 cm³/mol. The van der Waals surface area contributed by atoms with Gasteiger partial charge in [-0.15, -0.1) is 0 Å². The van der Waals surface area contributed by atoms with E-state index in [-0.39, 0.29) is 11.7 Å². The number of thiazole rings is 1. The molecule has 2 aliphatic rings. The Morgan fingerprint density at radius 3 is 2.76 bits per heavy atom. The molecule has 2 saturated heterocycles. The summed E-state index contributed by atoms with van der Waals surface area (Å²) in [6, 6.07) is 6.80. The van der Waals surface area contributed by atoms with Crippen LogP contribution in [0.4, 0.5) is 15.2 Å². The normalized spacial score (nSPS) is 19.3. The van der Waals surface area contributed by atoms with Gasteiger partial charge in [-0.2, -0.15) is 4.98 Å². The van der Waals surface area contributed by atoms with E-state index in [2.05, 4.69) is 21.8 Å². The predicted octanol–water partition coefficient (Wildman–Crippen LogP) is 3.90. The number of hydrogen-bond donors (Lipinski definition) is 0. The number of nitrogens with zero attached hydrogens (tertiary/aromatic N) is 6. The number of amides is 1. The van der Waals surface area contributed by atoms with Crippen molar-refractivity contribution >= 4 is 50.2 Å². The minimum Gasteiger partial charge on any atom is -0.366 e. The number of thioether (sulfide) groups is 1. The van der Waals surface area contributed by atoms with Crippen LogP contribution in [0.5, 0.6) is 0 Å². The third kappa shape index (κ3) is 4.91. The summed E-state index contributed by atoms with van der Waals surface area (Å²) < 4.78 is 15.0. The standard InChI is InChI=1S/C23H27FN6OS2/c1-16-5-4-8-30(13-16)23-27-21-20(33-23)22(26-15-25-21)32-14-19(31)29-11-9-28(10-12-29)18-7-3-2-6-17(18)24/h2-3,6-7,15-16H,4-5,8-14H2,1H3. The van der Waals surface area contributed by atoms with Crippen molar-refractivity contribution < 1.29 is 9.18 Å². The van der Waals surface area contributed by atoms with Crippen LogP contribution < -0.4 is 9.80 Å².